The summed E-state index contributed by atoms with van der Waals surface area (Å²) in [4.78, 5) is 11.8. The lowest BCUT2D eigenvalue weighted by Crippen LogP contribution is -2.26. The minimum atomic E-state index is -4.48. The highest BCUT2D eigenvalue weighted by Gasteiger charge is 2.13. The molecule has 0 aliphatic rings. The van der Waals surface area contributed by atoms with E-state index in [0.717, 1.165) is 31.0 Å². The van der Waals surface area contributed by atoms with Gasteiger partial charge in [-0.15, -0.1) is 10.2 Å². The molecule has 4 N–H and O–H groups in total. The topological polar surface area (TPSA) is 149 Å². The van der Waals surface area contributed by atoms with Gasteiger partial charge in [-0.3, -0.25) is 9.35 Å². The number of phenols is 2. The number of phenolic OH excluding ortho intramolecular Hbond substituents is 2. The number of hydrogen-bond acceptors (Lipinski definition) is 7. The molecule has 10 heteroatoms. The number of hydrogen-bond donors (Lipinski definition) is 4. The first-order valence-electron chi connectivity index (χ1n) is 12.5. The second-order valence-electron chi connectivity index (χ2n) is 8.86. The first-order chi connectivity index (χ1) is 17.2. The highest BCUT2D eigenvalue weighted by Crippen LogP contribution is 2.33. The Morgan fingerprint density at radius 3 is 1.92 bits per heavy atom. The Kier molecular flexibility index (Phi) is 12.4. The van der Waals surface area contributed by atoms with E-state index in [-0.39, 0.29) is 35.2 Å². The van der Waals surface area contributed by atoms with E-state index in [1.807, 2.05) is 0 Å². The predicted molar refractivity (Wildman–Crippen MR) is 139 cm³/mol. The van der Waals surface area contributed by atoms with Crippen LogP contribution in [0.15, 0.2) is 51.5 Å². The minimum absolute atomic E-state index is 0.0478. The van der Waals surface area contributed by atoms with Crippen LogP contribution in [0.2, 0.25) is 0 Å². The maximum Gasteiger partial charge on any atom is 0.294 e. The van der Waals surface area contributed by atoms with E-state index in [4.69, 9.17) is 4.55 Å². The van der Waals surface area contributed by atoms with Crippen LogP contribution in [0.4, 0.5) is 11.4 Å². The van der Waals surface area contributed by atoms with Gasteiger partial charge in [0.25, 0.3) is 10.1 Å². The normalized spacial score (nSPS) is 11.7. The summed E-state index contributed by atoms with van der Waals surface area (Å²) in [6.07, 6.45) is 12.4. The van der Waals surface area contributed by atoms with Gasteiger partial charge in [0.1, 0.15) is 22.9 Å². The molecule has 0 unspecified atom stereocenters. The molecule has 0 heterocycles. The third-order valence-corrected chi connectivity index (χ3v) is 6.62. The fraction of sp³-hybridized carbons (Fsp3) is 0.500. The third-order valence-electron chi connectivity index (χ3n) is 5.77. The van der Waals surface area contributed by atoms with E-state index in [2.05, 4.69) is 22.5 Å². The number of unbranched alkanes of at least 4 members (excludes halogenated alkanes) is 9. The van der Waals surface area contributed by atoms with Gasteiger partial charge in [0.2, 0.25) is 5.91 Å². The molecule has 36 heavy (non-hydrogen) atoms. The molecule has 2 aromatic rings. The highest BCUT2D eigenvalue weighted by molar-refractivity contribution is 7.85. The molecule has 0 aromatic heterocycles. The molecule has 9 nitrogen and oxygen atoms in total. The lowest BCUT2D eigenvalue weighted by atomic mass is 10.1. The van der Waals surface area contributed by atoms with Gasteiger partial charge in [0, 0.05) is 6.54 Å². The lowest BCUT2D eigenvalue weighted by Gasteiger charge is -2.07. The van der Waals surface area contributed by atoms with Crippen molar-refractivity contribution in [3.8, 4) is 11.5 Å². The van der Waals surface area contributed by atoms with Gasteiger partial charge in [-0.1, -0.05) is 70.8 Å². The Hall–Kier alpha value is -2.98. The summed E-state index contributed by atoms with van der Waals surface area (Å²) < 4.78 is 31.7. The average Bonchev–Trinajstić information content (AvgIpc) is 2.83. The van der Waals surface area contributed by atoms with Gasteiger partial charge in [0.05, 0.1) is 11.3 Å². The predicted octanol–water partition coefficient (Wildman–Crippen LogP) is 6.34. The van der Waals surface area contributed by atoms with Gasteiger partial charge in [-0.25, -0.2) is 0 Å². The molecule has 0 aliphatic carbocycles. The van der Waals surface area contributed by atoms with Crippen LogP contribution in [0.3, 0.4) is 0 Å². The molecule has 2 rings (SSSR count). The summed E-state index contributed by atoms with van der Waals surface area (Å²) >= 11 is 0. The van der Waals surface area contributed by atoms with E-state index in [1.165, 1.54) is 63.5 Å². The van der Waals surface area contributed by atoms with Crippen LogP contribution in [0.25, 0.3) is 0 Å². The summed E-state index contributed by atoms with van der Waals surface area (Å²) in [5, 5.41) is 30.5. The Morgan fingerprint density at radius 1 is 0.806 bits per heavy atom. The van der Waals surface area contributed by atoms with Crippen molar-refractivity contribution >= 4 is 27.4 Å². The number of nitrogens with one attached hydrogen (secondary N) is 1. The fourth-order valence-corrected chi connectivity index (χ4v) is 4.20. The van der Waals surface area contributed by atoms with Crippen LogP contribution in [-0.2, 0) is 21.3 Å². The van der Waals surface area contributed by atoms with Crippen molar-refractivity contribution in [1.82, 2.24) is 5.32 Å². The van der Waals surface area contributed by atoms with Crippen molar-refractivity contribution in [2.75, 3.05) is 6.54 Å². The zero-order valence-electron chi connectivity index (χ0n) is 20.8. The molecule has 0 radical (unpaired) electrons. The zero-order chi connectivity index (χ0) is 26.4. The Labute approximate surface area is 213 Å². The number of carbonyl (C=O) groups is 1. The Bertz CT molecular complexity index is 1120. The van der Waals surface area contributed by atoms with Crippen LogP contribution in [0.5, 0.6) is 11.5 Å². The summed E-state index contributed by atoms with van der Waals surface area (Å²) in [6.45, 7) is 2.84. The van der Waals surface area contributed by atoms with Crippen molar-refractivity contribution in [3.63, 3.8) is 0 Å². The van der Waals surface area contributed by atoms with Gasteiger partial charge in [0.15, 0.2) is 0 Å². The lowest BCUT2D eigenvalue weighted by molar-refractivity contribution is -0.120. The number of nitrogens with zero attached hydrogens (tertiary/aromatic N) is 2. The van der Waals surface area contributed by atoms with Crippen LogP contribution in [0, 0.1) is 0 Å². The molecule has 0 bridgehead atoms. The number of azo groups is 1. The quantitative estimate of drug-likeness (QED) is 0.115. The number of carbonyl (C=O) groups excluding carboxylic acids is 1. The summed E-state index contributed by atoms with van der Waals surface area (Å²) in [6, 6.07) is 7.51. The molecular formula is C26H37N3O6S. The molecule has 0 saturated carbocycles. The molecule has 0 atom stereocenters. The van der Waals surface area contributed by atoms with Crippen molar-refractivity contribution in [3.05, 3.63) is 42.0 Å². The fourth-order valence-electron chi connectivity index (χ4n) is 3.70. The molecule has 0 saturated heterocycles. The molecule has 0 aliphatic heterocycles. The maximum atomic E-state index is 12.3. The van der Waals surface area contributed by atoms with E-state index >= 15 is 0 Å². The minimum Gasteiger partial charge on any atom is -0.506 e. The van der Waals surface area contributed by atoms with Crippen molar-refractivity contribution in [1.29, 1.82) is 0 Å². The summed E-state index contributed by atoms with van der Waals surface area (Å²) in [7, 11) is -4.48. The van der Waals surface area contributed by atoms with Crippen LogP contribution < -0.4 is 5.32 Å². The Morgan fingerprint density at radius 2 is 1.33 bits per heavy atom. The third kappa shape index (κ3) is 10.7. The van der Waals surface area contributed by atoms with E-state index in [0.29, 0.717) is 12.1 Å². The largest absolute Gasteiger partial charge is 0.506 e. The Balaban J connectivity index is 1.80. The molecular weight excluding hydrogens is 482 g/mol. The smallest absolute Gasteiger partial charge is 0.294 e. The summed E-state index contributed by atoms with van der Waals surface area (Å²) in [5.74, 6) is -0.690. The van der Waals surface area contributed by atoms with Crippen molar-refractivity contribution in [2.24, 2.45) is 10.2 Å². The highest BCUT2D eigenvalue weighted by atomic mass is 32.2. The summed E-state index contributed by atoms with van der Waals surface area (Å²) in [5.41, 5.74) is 0.453. The number of benzene rings is 2. The maximum absolute atomic E-state index is 12.3. The first-order valence-corrected chi connectivity index (χ1v) is 14.0. The standard InChI is InChI=1S/C26H37N3O6S/c1-2-3-4-5-6-7-8-9-10-11-16-27-26(32)18-20-12-14-24(30)22(17-20)28-29-23-19-21(36(33,34)35)13-15-25(23)31/h12-15,17,19,30-31H,2-11,16,18H2,1H3,(H,27,32)(H,33,34,35). The van der Waals surface area contributed by atoms with E-state index in [9.17, 15) is 23.4 Å². The van der Waals surface area contributed by atoms with Gasteiger partial charge >= 0.3 is 0 Å². The number of rotatable bonds is 16. The molecule has 1 amide bonds. The SMILES string of the molecule is CCCCCCCCCCCCNC(=O)Cc1ccc(O)c(N=Nc2cc(S(=O)(=O)O)ccc2O)c1. The van der Waals surface area contributed by atoms with Gasteiger partial charge < -0.3 is 15.5 Å². The van der Waals surface area contributed by atoms with Crippen LogP contribution in [0.1, 0.15) is 76.7 Å². The molecule has 198 valence electrons. The number of amides is 1. The van der Waals surface area contributed by atoms with Crippen LogP contribution in [-0.4, -0.2) is 35.6 Å². The van der Waals surface area contributed by atoms with E-state index in [1.54, 1.807) is 6.07 Å². The van der Waals surface area contributed by atoms with Gasteiger partial charge in [-0.2, -0.15) is 8.42 Å². The first kappa shape index (κ1) is 29.3. The van der Waals surface area contributed by atoms with Crippen LogP contribution >= 0.6 is 0 Å². The van der Waals surface area contributed by atoms with E-state index < -0.39 is 15.0 Å². The van der Waals surface area contributed by atoms with Crippen molar-refractivity contribution < 1.29 is 28.0 Å². The van der Waals surface area contributed by atoms with Crippen molar-refractivity contribution in [2.45, 2.75) is 82.4 Å². The second-order valence-corrected chi connectivity index (χ2v) is 10.3. The number of aromatic hydroxyl groups is 2. The molecule has 2 aromatic carbocycles. The monoisotopic (exact) mass is 519 g/mol. The second kappa shape index (κ2) is 15.2. The zero-order valence-corrected chi connectivity index (χ0v) is 21.6. The molecule has 0 spiro atoms. The van der Waals surface area contributed by atoms with Gasteiger partial charge in [-0.05, 0) is 42.3 Å². The average molecular weight is 520 g/mol. The molecule has 0 fully saturated rings.